The van der Waals surface area contributed by atoms with Crippen LogP contribution in [0.4, 0.5) is 4.79 Å². The van der Waals surface area contributed by atoms with Crippen molar-refractivity contribution in [3.05, 3.63) is 58.3 Å². The van der Waals surface area contributed by atoms with Gasteiger partial charge in [0.05, 0.1) is 5.69 Å². The first kappa shape index (κ1) is 18.7. The zero-order valence-electron chi connectivity index (χ0n) is 15.6. The number of oxazole rings is 1. The molecule has 0 radical (unpaired) electrons. The molecule has 7 heteroatoms. The summed E-state index contributed by atoms with van der Waals surface area (Å²) in [6.45, 7) is 5.46. The summed E-state index contributed by atoms with van der Waals surface area (Å²) in [5.41, 5.74) is 3.48. The van der Waals surface area contributed by atoms with Crippen LogP contribution < -0.4 is 0 Å². The van der Waals surface area contributed by atoms with Crippen LogP contribution in [0.2, 0.25) is 0 Å². The maximum Gasteiger partial charge on any atom is 0.435 e. The van der Waals surface area contributed by atoms with Gasteiger partial charge in [-0.15, -0.1) is 0 Å². The normalized spacial score (nSPS) is 11.7. The van der Waals surface area contributed by atoms with Crippen LogP contribution in [0.3, 0.4) is 0 Å². The molecule has 4 rings (SSSR count). The molecule has 0 aliphatic heterocycles. The minimum atomic E-state index is -0.567. The number of hydrogen-bond acceptors (Lipinski definition) is 5. The number of nitrogens with zero attached hydrogens (tertiary/aromatic N) is 3. The number of halogens is 1. The Morgan fingerprint density at radius 3 is 2.50 bits per heavy atom. The van der Waals surface area contributed by atoms with E-state index in [4.69, 9.17) is 9.15 Å². The lowest BCUT2D eigenvalue weighted by atomic mass is 10.1. The molecule has 0 aliphatic rings. The third-order valence-electron chi connectivity index (χ3n) is 3.95. The van der Waals surface area contributed by atoms with E-state index in [1.807, 2.05) is 63.2 Å². The van der Waals surface area contributed by atoms with Crippen LogP contribution in [-0.4, -0.2) is 26.5 Å². The quantitative estimate of drug-likeness (QED) is 0.337. The van der Waals surface area contributed by atoms with E-state index >= 15 is 0 Å². The van der Waals surface area contributed by atoms with Crippen molar-refractivity contribution < 1.29 is 13.9 Å². The Bertz CT molecular complexity index is 1150. The van der Waals surface area contributed by atoms with Crippen molar-refractivity contribution in [1.82, 2.24) is 14.8 Å². The van der Waals surface area contributed by atoms with Crippen molar-refractivity contribution in [3.63, 3.8) is 0 Å². The van der Waals surface area contributed by atoms with E-state index in [0.717, 1.165) is 25.8 Å². The Hall–Kier alpha value is -2.68. The second kappa shape index (κ2) is 7.05. The summed E-state index contributed by atoms with van der Waals surface area (Å²) in [5, 5.41) is 4.31. The largest absolute Gasteiger partial charge is 0.442 e. The average Bonchev–Trinajstić information content (AvgIpc) is 3.27. The van der Waals surface area contributed by atoms with Gasteiger partial charge in [-0.05, 0) is 79.8 Å². The fourth-order valence-electron chi connectivity index (χ4n) is 2.70. The first-order chi connectivity index (χ1) is 13.3. The minimum Gasteiger partial charge on any atom is -0.442 e. The zero-order chi connectivity index (χ0) is 19.9. The fraction of sp³-hybridized carbons (Fsp3) is 0.190. The molecule has 0 spiro atoms. The highest BCUT2D eigenvalue weighted by molar-refractivity contribution is 14.1. The second-order valence-electron chi connectivity index (χ2n) is 7.33. The summed E-state index contributed by atoms with van der Waals surface area (Å²) in [7, 11) is 0. The lowest BCUT2D eigenvalue weighted by Gasteiger charge is -2.18. The first-order valence-electron chi connectivity index (χ1n) is 8.74. The van der Waals surface area contributed by atoms with Crippen molar-refractivity contribution in [2.45, 2.75) is 26.4 Å². The van der Waals surface area contributed by atoms with E-state index in [-0.39, 0.29) is 0 Å². The van der Waals surface area contributed by atoms with Crippen LogP contribution in [0, 0.1) is 3.57 Å². The minimum absolute atomic E-state index is 0.503. The summed E-state index contributed by atoms with van der Waals surface area (Å²) in [6, 6.07) is 15.4. The molecule has 0 bridgehead atoms. The molecule has 2 aromatic heterocycles. The second-order valence-corrected chi connectivity index (χ2v) is 8.58. The van der Waals surface area contributed by atoms with Crippen molar-refractivity contribution in [3.8, 4) is 22.7 Å². The molecule has 0 unspecified atom stereocenters. The predicted octanol–water partition coefficient (Wildman–Crippen LogP) is 5.75. The molecule has 142 valence electrons. The maximum atomic E-state index is 12.1. The molecule has 0 saturated carbocycles. The molecule has 0 aliphatic carbocycles. The van der Waals surface area contributed by atoms with Gasteiger partial charge >= 0.3 is 6.09 Å². The Balaban J connectivity index is 1.57. The zero-order valence-corrected chi connectivity index (χ0v) is 17.8. The summed E-state index contributed by atoms with van der Waals surface area (Å²) in [6.07, 6.45) is 1.09. The molecule has 2 aromatic carbocycles. The summed E-state index contributed by atoms with van der Waals surface area (Å²) in [5.74, 6) is 0.572. The van der Waals surface area contributed by atoms with E-state index in [1.165, 1.54) is 4.68 Å². The molecule has 0 N–H and O–H groups in total. The first-order valence-corrected chi connectivity index (χ1v) is 9.82. The van der Waals surface area contributed by atoms with Gasteiger partial charge in [0.1, 0.15) is 11.1 Å². The number of ether oxygens (including phenoxy) is 1. The third kappa shape index (κ3) is 3.94. The van der Waals surface area contributed by atoms with E-state index in [2.05, 4.69) is 32.7 Å². The van der Waals surface area contributed by atoms with Crippen LogP contribution in [0.1, 0.15) is 20.8 Å². The number of benzene rings is 2. The number of carbonyl (C=O) groups excluding carboxylic acids is 1. The molecule has 0 saturated heterocycles. The van der Waals surface area contributed by atoms with Gasteiger partial charge in [0, 0.05) is 20.9 Å². The van der Waals surface area contributed by atoms with Gasteiger partial charge in [-0.25, -0.2) is 9.78 Å². The van der Waals surface area contributed by atoms with Crippen molar-refractivity contribution >= 4 is 39.8 Å². The molecule has 2 heterocycles. The van der Waals surface area contributed by atoms with Crippen LogP contribution in [0.25, 0.3) is 33.8 Å². The summed E-state index contributed by atoms with van der Waals surface area (Å²) < 4.78 is 13.5. The molecule has 0 amide bonds. The SMILES string of the molecule is CC(C)(C)OC(=O)n1ccc(-c2ccc(-c3nc4cc(I)ccc4o3)cc2)n1. The monoisotopic (exact) mass is 487 g/mol. The number of hydrogen-bond donors (Lipinski definition) is 0. The number of fused-ring (bicyclic) bond motifs is 1. The van der Waals surface area contributed by atoms with E-state index in [9.17, 15) is 4.79 Å². The molecule has 0 atom stereocenters. The van der Waals surface area contributed by atoms with Crippen molar-refractivity contribution in [2.24, 2.45) is 0 Å². The van der Waals surface area contributed by atoms with E-state index < -0.39 is 11.7 Å². The van der Waals surface area contributed by atoms with Crippen LogP contribution in [0.15, 0.2) is 59.1 Å². The highest BCUT2D eigenvalue weighted by atomic mass is 127. The van der Waals surface area contributed by atoms with Gasteiger partial charge in [0.15, 0.2) is 5.58 Å². The van der Waals surface area contributed by atoms with Gasteiger partial charge in [0.25, 0.3) is 0 Å². The van der Waals surface area contributed by atoms with Gasteiger partial charge in [-0.1, -0.05) is 12.1 Å². The molecular weight excluding hydrogens is 469 g/mol. The Morgan fingerprint density at radius 2 is 1.79 bits per heavy atom. The number of aromatic nitrogens is 3. The number of carbonyl (C=O) groups is 1. The lowest BCUT2D eigenvalue weighted by Crippen LogP contribution is -2.27. The standard InChI is InChI=1S/C21H18IN3O3/c1-21(2,3)28-20(26)25-11-10-16(24-25)13-4-6-14(7-5-13)19-23-17-12-15(22)8-9-18(17)27-19/h4-12H,1-3H3. The van der Waals surface area contributed by atoms with Crippen molar-refractivity contribution in [2.75, 3.05) is 0 Å². The summed E-state index contributed by atoms with van der Waals surface area (Å²) in [4.78, 5) is 16.7. The molecule has 6 nitrogen and oxygen atoms in total. The average molecular weight is 487 g/mol. The number of rotatable bonds is 2. The molecule has 28 heavy (non-hydrogen) atoms. The van der Waals surface area contributed by atoms with Gasteiger partial charge in [0.2, 0.25) is 5.89 Å². The van der Waals surface area contributed by atoms with Crippen LogP contribution >= 0.6 is 22.6 Å². The lowest BCUT2D eigenvalue weighted by molar-refractivity contribution is 0.0515. The van der Waals surface area contributed by atoms with Gasteiger partial charge in [-0.3, -0.25) is 0 Å². The molecule has 0 fully saturated rings. The van der Waals surface area contributed by atoms with E-state index in [0.29, 0.717) is 11.6 Å². The fourth-order valence-corrected chi connectivity index (χ4v) is 3.17. The smallest absolute Gasteiger partial charge is 0.435 e. The van der Waals surface area contributed by atoms with Gasteiger partial charge < -0.3 is 9.15 Å². The topological polar surface area (TPSA) is 70.2 Å². The molecule has 4 aromatic rings. The Morgan fingerprint density at radius 1 is 1.07 bits per heavy atom. The Kier molecular flexibility index (Phi) is 4.70. The molecular formula is C21H18IN3O3. The highest BCUT2D eigenvalue weighted by Crippen LogP contribution is 2.27. The Labute approximate surface area is 175 Å². The highest BCUT2D eigenvalue weighted by Gasteiger charge is 2.19. The van der Waals surface area contributed by atoms with Crippen LogP contribution in [-0.2, 0) is 4.74 Å². The summed E-state index contributed by atoms with van der Waals surface area (Å²) >= 11 is 2.25. The van der Waals surface area contributed by atoms with Crippen molar-refractivity contribution in [1.29, 1.82) is 0 Å². The van der Waals surface area contributed by atoms with Crippen LogP contribution in [0.5, 0.6) is 0 Å². The predicted molar refractivity (Wildman–Crippen MR) is 115 cm³/mol. The maximum absolute atomic E-state index is 12.1. The van der Waals surface area contributed by atoms with E-state index in [1.54, 1.807) is 12.3 Å². The van der Waals surface area contributed by atoms with Gasteiger partial charge in [-0.2, -0.15) is 9.78 Å². The third-order valence-corrected chi connectivity index (χ3v) is 4.62.